The highest BCUT2D eigenvalue weighted by Gasteiger charge is 2.57. The number of ether oxygens (including phenoxy) is 1. The fraction of sp³-hybridized carbons (Fsp3) is 0.250. The van der Waals surface area contributed by atoms with Gasteiger partial charge in [-0.1, -0.05) is 49.2 Å². The summed E-state index contributed by atoms with van der Waals surface area (Å²) >= 11 is 6.15. The van der Waals surface area contributed by atoms with Gasteiger partial charge in [0.25, 0.3) is 17.7 Å². The molecule has 0 aromatic heterocycles. The van der Waals surface area contributed by atoms with E-state index in [4.69, 9.17) is 16.3 Å². The van der Waals surface area contributed by atoms with E-state index in [9.17, 15) is 14.4 Å². The molecular weight excluding hydrogens is 464 g/mol. The zero-order valence-electron chi connectivity index (χ0n) is 19.5. The van der Waals surface area contributed by atoms with Crippen molar-refractivity contribution in [3.05, 3.63) is 94.0 Å². The molecule has 2 aliphatic rings. The number of carbonyl (C=O) groups excluding carboxylic acids is 3. The molecule has 5 rings (SSSR count). The lowest BCUT2D eigenvalue weighted by Crippen LogP contribution is -2.67. The minimum absolute atomic E-state index is 0.307. The molecule has 0 saturated carbocycles. The molecule has 35 heavy (non-hydrogen) atoms. The first-order chi connectivity index (χ1) is 16.9. The van der Waals surface area contributed by atoms with E-state index in [-0.39, 0.29) is 5.91 Å². The number of imide groups is 1. The fourth-order valence-corrected chi connectivity index (χ4v) is 5.00. The van der Waals surface area contributed by atoms with Gasteiger partial charge >= 0.3 is 0 Å². The maximum absolute atomic E-state index is 13.6. The molecule has 0 N–H and O–H groups in total. The average molecular weight is 489 g/mol. The van der Waals surface area contributed by atoms with Crippen molar-refractivity contribution in [2.45, 2.75) is 38.8 Å². The van der Waals surface area contributed by atoms with Gasteiger partial charge in [-0.3, -0.25) is 19.3 Å². The van der Waals surface area contributed by atoms with Gasteiger partial charge < -0.3 is 9.64 Å². The van der Waals surface area contributed by atoms with Gasteiger partial charge in [-0.15, -0.1) is 0 Å². The largest absolute Gasteiger partial charge is 0.494 e. The predicted molar refractivity (Wildman–Crippen MR) is 134 cm³/mol. The third-order valence-electron chi connectivity index (χ3n) is 6.58. The first-order valence-electron chi connectivity index (χ1n) is 11.7. The standard InChI is InChI=1S/C28H25ClN2O4/c1-3-4-15-35-20-12-9-18(10-13-20)24-25(28(34)30(24)23-14-11-19(29)16-17(23)2)31-26(32)21-7-5-6-8-22(21)27(31)33/h5-14,16,24-25H,3-4,15H2,1-2H3/t24-,25+/m1/s1. The van der Waals surface area contributed by atoms with Crippen molar-refractivity contribution in [1.29, 1.82) is 0 Å². The van der Waals surface area contributed by atoms with Crippen molar-refractivity contribution in [2.24, 2.45) is 0 Å². The van der Waals surface area contributed by atoms with Crippen LogP contribution in [0.2, 0.25) is 5.02 Å². The number of hydrogen-bond acceptors (Lipinski definition) is 4. The van der Waals surface area contributed by atoms with Gasteiger partial charge in [-0.2, -0.15) is 0 Å². The summed E-state index contributed by atoms with van der Waals surface area (Å²) in [5, 5.41) is 0.571. The van der Waals surface area contributed by atoms with Crippen LogP contribution < -0.4 is 9.64 Å². The van der Waals surface area contributed by atoms with E-state index in [0.29, 0.717) is 28.4 Å². The van der Waals surface area contributed by atoms with Crippen molar-refractivity contribution >= 4 is 35.0 Å². The Kier molecular flexibility index (Phi) is 6.07. The van der Waals surface area contributed by atoms with Crippen LogP contribution in [0.3, 0.4) is 0 Å². The second kappa shape index (κ2) is 9.19. The highest BCUT2D eigenvalue weighted by molar-refractivity contribution is 6.30. The van der Waals surface area contributed by atoms with Crippen LogP contribution in [0.25, 0.3) is 0 Å². The number of halogens is 1. The molecule has 2 aliphatic heterocycles. The summed E-state index contributed by atoms with van der Waals surface area (Å²) in [6.45, 7) is 4.61. The molecule has 0 radical (unpaired) electrons. The van der Waals surface area contributed by atoms with E-state index in [0.717, 1.165) is 34.6 Å². The second-order valence-electron chi connectivity index (χ2n) is 8.83. The summed E-state index contributed by atoms with van der Waals surface area (Å²) < 4.78 is 5.79. The molecule has 3 amide bonds. The average Bonchev–Trinajstić information content (AvgIpc) is 3.10. The number of carbonyl (C=O) groups is 3. The third-order valence-corrected chi connectivity index (χ3v) is 6.81. The lowest BCUT2D eigenvalue weighted by molar-refractivity contribution is -0.130. The van der Waals surface area contributed by atoms with E-state index < -0.39 is 23.9 Å². The van der Waals surface area contributed by atoms with E-state index >= 15 is 0 Å². The molecule has 2 atom stereocenters. The zero-order chi connectivity index (χ0) is 24.7. The Bertz CT molecular complexity index is 1290. The summed E-state index contributed by atoms with van der Waals surface area (Å²) in [4.78, 5) is 42.8. The number of amides is 3. The van der Waals surface area contributed by atoms with E-state index in [2.05, 4.69) is 6.92 Å². The Hall–Kier alpha value is -3.64. The molecule has 1 fully saturated rings. The number of aryl methyl sites for hydroxylation is 1. The number of hydrogen-bond donors (Lipinski definition) is 0. The molecule has 3 aromatic rings. The van der Waals surface area contributed by atoms with Gasteiger partial charge in [0.05, 0.1) is 23.8 Å². The molecule has 0 bridgehead atoms. The first kappa shape index (κ1) is 23.1. The quantitative estimate of drug-likeness (QED) is 0.247. The van der Waals surface area contributed by atoms with Crippen LogP contribution >= 0.6 is 11.6 Å². The summed E-state index contributed by atoms with van der Waals surface area (Å²) in [5.41, 5.74) is 2.98. The van der Waals surface area contributed by atoms with Crippen LogP contribution in [0, 0.1) is 6.92 Å². The molecule has 0 unspecified atom stereocenters. The first-order valence-corrected chi connectivity index (χ1v) is 12.1. The molecule has 1 saturated heterocycles. The van der Waals surface area contributed by atoms with Crippen LogP contribution in [-0.2, 0) is 4.79 Å². The Morgan fingerprint density at radius 2 is 1.51 bits per heavy atom. The van der Waals surface area contributed by atoms with Gasteiger partial charge in [0, 0.05) is 10.7 Å². The number of β-lactam (4-membered cyclic amide) rings is 1. The smallest absolute Gasteiger partial charge is 0.262 e. The van der Waals surface area contributed by atoms with Crippen molar-refractivity contribution < 1.29 is 19.1 Å². The van der Waals surface area contributed by atoms with Gasteiger partial charge in [0.1, 0.15) is 11.8 Å². The number of unbranched alkanes of at least 4 members (excludes halogenated alkanes) is 1. The lowest BCUT2D eigenvalue weighted by atomic mass is 9.85. The van der Waals surface area contributed by atoms with E-state index in [1.54, 1.807) is 47.4 Å². The van der Waals surface area contributed by atoms with Crippen LogP contribution in [0.5, 0.6) is 5.75 Å². The number of nitrogens with zero attached hydrogens (tertiary/aromatic N) is 2. The van der Waals surface area contributed by atoms with Crippen molar-refractivity contribution in [3.63, 3.8) is 0 Å². The fourth-order valence-electron chi connectivity index (χ4n) is 4.77. The molecule has 3 aromatic carbocycles. The summed E-state index contributed by atoms with van der Waals surface area (Å²) in [5.74, 6) is -0.459. The Balaban J connectivity index is 1.53. The zero-order valence-corrected chi connectivity index (χ0v) is 20.3. The van der Waals surface area contributed by atoms with Gasteiger partial charge in [-0.25, -0.2) is 0 Å². The molecule has 2 heterocycles. The Labute approximate surface area is 209 Å². The van der Waals surface area contributed by atoms with Gasteiger partial charge in [0.2, 0.25) is 0 Å². The van der Waals surface area contributed by atoms with Crippen LogP contribution in [-0.4, -0.2) is 35.3 Å². The van der Waals surface area contributed by atoms with E-state index in [1.807, 2.05) is 31.2 Å². The van der Waals surface area contributed by atoms with Crippen LogP contribution in [0.4, 0.5) is 5.69 Å². The van der Waals surface area contributed by atoms with Crippen molar-refractivity contribution in [1.82, 2.24) is 4.90 Å². The van der Waals surface area contributed by atoms with E-state index in [1.165, 1.54) is 0 Å². The van der Waals surface area contributed by atoms with Crippen LogP contribution in [0.1, 0.15) is 57.7 Å². The number of benzene rings is 3. The van der Waals surface area contributed by atoms with Crippen molar-refractivity contribution in [3.8, 4) is 5.75 Å². The highest BCUT2D eigenvalue weighted by atomic mass is 35.5. The summed E-state index contributed by atoms with van der Waals surface area (Å²) in [6, 6.07) is 18.0. The third kappa shape index (κ3) is 3.88. The second-order valence-corrected chi connectivity index (χ2v) is 9.26. The minimum atomic E-state index is -0.940. The topological polar surface area (TPSA) is 66.9 Å². The SMILES string of the molecule is CCCCOc1ccc([C@@H]2[C@H](N3C(=O)c4ccccc4C3=O)C(=O)N2c2ccc(Cl)cc2C)cc1. The molecular formula is C28H25ClN2O4. The molecule has 6 nitrogen and oxygen atoms in total. The summed E-state index contributed by atoms with van der Waals surface area (Å²) in [7, 11) is 0. The van der Waals surface area contributed by atoms with Gasteiger partial charge in [-0.05, 0) is 66.9 Å². The predicted octanol–water partition coefficient (Wildman–Crippen LogP) is 5.58. The Morgan fingerprint density at radius 3 is 2.11 bits per heavy atom. The molecule has 178 valence electrons. The number of rotatable bonds is 7. The molecule has 0 aliphatic carbocycles. The lowest BCUT2D eigenvalue weighted by Gasteiger charge is -2.50. The van der Waals surface area contributed by atoms with Gasteiger partial charge in [0.15, 0.2) is 0 Å². The maximum Gasteiger partial charge on any atom is 0.262 e. The Morgan fingerprint density at radius 1 is 0.857 bits per heavy atom. The minimum Gasteiger partial charge on any atom is -0.494 e. The molecule has 0 spiro atoms. The molecule has 7 heteroatoms. The maximum atomic E-state index is 13.6. The number of fused-ring (bicyclic) bond motifs is 1. The highest BCUT2D eigenvalue weighted by Crippen LogP contribution is 2.45. The summed E-state index contributed by atoms with van der Waals surface area (Å²) in [6.07, 6.45) is 2.00. The van der Waals surface area contributed by atoms with Crippen LogP contribution in [0.15, 0.2) is 66.7 Å². The number of anilines is 1. The van der Waals surface area contributed by atoms with Crippen molar-refractivity contribution in [2.75, 3.05) is 11.5 Å². The monoisotopic (exact) mass is 488 g/mol. The normalized spacial score (nSPS) is 19.1.